The lowest BCUT2D eigenvalue weighted by atomic mass is 10.1. The molecule has 166 valence electrons. The molecule has 0 atom stereocenters. The van der Waals surface area contributed by atoms with Gasteiger partial charge in [0.1, 0.15) is 23.0 Å². The first-order valence-electron chi connectivity index (χ1n) is 10.5. The number of allylic oxidation sites excluding steroid dienone is 1. The van der Waals surface area contributed by atoms with E-state index in [1.165, 1.54) is 10.5 Å². The van der Waals surface area contributed by atoms with Crippen LogP contribution in [0.4, 0.5) is 0 Å². The van der Waals surface area contributed by atoms with Crippen molar-refractivity contribution in [3.05, 3.63) is 99.2 Å². The van der Waals surface area contributed by atoms with Crippen molar-refractivity contribution >= 4 is 39.9 Å². The number of hydrogen-bond acceptors (Lipinski definition) is 5. The summed E-state index contributed by atoms with van der Waals surface area (Å²) in [5.41, 5.74) is 2.86. The zero-order valence-corrected chi connectivity index (χ0v) is 19.1. The molecular formula is C26H18ClN5O2. The average molecular weight is 468 g/mol. The van der Waals surface area contributed by atoms with Crippen LogP contribution in [-0.2, 0) is 7.05 Å². The van der Waals surface area contributed by atoms with Gasteiger partial charge < -0.3 is 9.30 Å². The maximum Gasteiger partial charge on any atom is 0.269 e. The Labute approximate surface area is 199 Å². The van der Waals surface area contributed by atoms with Crippen LogP contribution in [0.3, 0.4) is 0 Å². The molecule has 0 bridgehead atoms. The first-order chi connectivity index (χ1) is 16.5. The Bertz CT molecular complexity index is 1710. The van der Waals surface area contributed by atoms with E-state index < -0.39 is 0 Å². The van der Waals surface area contributed by atoms with Crippen LogP contribution in [0.1, 0.15) is 17.0 Å². The van der Waals surface area contributed by atoms with Crippen molar-refractivity contribution in [1.82, 2.24) is 18.9 Å². The number of imidazole rings is 1. The van der Waals surface area contributed by atoms with Crippen molar-refractivity contribution in [2.24, 2.45) is 7.05 Å². The third kappa shape index (κ3) is 3.70. The molecule has 5 rings (SSSR count). The molecule has 0 saturated carbocycles. The molecule has 5 aromatic rings. The maximum absolute atomic E-state index is 13.4. The highest BCUT2D eigenvalue weighted by Crippen LogP contribution is 2.29. The molecule has 34 heavy (non-hydrogen) atoms. The molecule has 0 N–H and O–H groups in total. The Morgan fingerprint density at radius 1 is 1.12 bits per heavy atom. The molecule has 0 saturated heterocycles. The summed E-state index contributed by atoms with van der Waals surface area (Å²) in [5.74, 6) is 1.00. The van der Waals surface area contributed by atoms with Crippen LogP contribution in [0.2, 0.25) is 5.02 Å². The lowest BCUT2D eigenvalue weighted by Gasteiger charge is -2.11. The molecule has 0 unspecified atom stereocenters. The molecular weight excluding hydrogens is 450 g/mol. The predicted octanol–water partition coefficient (Wildman–Crippen LogP) is 5.40. The van der Waals surface area contributed by atoms with E-state index in [0.717, 1.165) is 16.6 Å². The average Bonchev–Trinajstić information content (AvgIpc) is 3.18. The molecule has 2 aromatic carbocycles. The Morgan fingerprint density at radius 3 is 2.68 bits per heavy atom. The second-order valence-corrected chi connectivity index (χ2v) is 8.14. The van der Waals surface area contributed by atoms with Gasteiger partial charge in [-0.2, -0.15) is 10.2 Å². The number of ether oxygens (including phenoxy) is 1. The number of fused-ring (bicyclic) bond motifs is 2. The molecule has 3 heterocycles. The minimum absolute atomic E-state index is 0.0874. The Morgan fingerprint density at radius 2 is 1.91 bits per heavy atom. The summed E-state index contributed by atoms with van der Waals surface area (Å²) in [6.07, 6.45) is 3.10. The second-order valence-electron chi connectivity index (χ2n) is 7.73. The van der Waals surface area contributed by atoms with Gasteiger partial charge in [-0.15, -0.1) is 0 Å². The summed E-state index contributed by atoms with van der Waals surface area (Å²) in [6, 6.07) is 20.2. The van der Waals surface area contributed by atoms with Gasteiger partial charge in [-0.3, -0.25) is 9.20 Å². The molecule has 0 fully saturated rings. The van der Waals surface area contributed by atoms with Crippen molar-refractivity contribution in [3.63, 3.8) is 0 Å². The van der Waals surface area contributed by atoms with Crippen LogP contribution in [0, 0.1) is 18.3 Å². The monoisotopic (exact) mass is 467 g/mol. The summed E-state index contributed by atoms with van der Waals surface area (Å²) in [7, 11) is 1.83. The highest BCUT2D eigenvalue weighted by molar-refractivity contribution is 6.31. The number of benzene rings is 2. The molecule has 8 heteroatoms. The maximum atomic E-state index is 13.4. The minimum Gasteiger partial charge on any atom is -0.438 e. The van der Waals surface area contributed by atoms with Crippen LogP contribution in [0.25, 0.3) is 28.3 Å². The fraction of sp³-hybridized carbons (Fsp3) is 0.0769. The summed E-state index contributed by atoms with van der Waals surface area (Å²) < 4.78 is 9.27. The Kier molecular flexibility index (Phi) is 5.36. The van der Waals surface area contributed by atoms with E-state index in [1.807, 2.05) is 42.8 Å². The number of aromatic nitrogens is 4. The number of nitriles is 1. The van der Waals surface area contributed by atoms with Crippen LogP contribution >= 0.6 is 11.6 Å². The van der Waals surface area contributed by atoms with Crippen LogP contribution in [-0.4, -0.2) is 18.9 Å². The number of aryl methyl sites for hydroxylation is 2. The molecule has 3 aromatic heterocycles. The van der Waals surface area contributed by atoms with Gasteiger partial charge in [0.25, 0.3) is 5.56 Å². The van der Waals surface area contributed by atoms with Gasteiger partial charge >= 0.3 is 0 Å². The highest BCUT2D eigenvalue weighted by Gasteiger charge is 2.18. The van der Waals surface area contributed by atoms with E-state index in [2.05, 4.69) is 16.0 Å². The SMILES string of the molecule is Cc1cc(Oc2nc3ccccn3c(=O)c2/C=C(\C#N)c2nc3ccccc3n2C)ccc1Cl. The van der Waals surface area contributed by atoms with Crippen molar-refractivity contribution in [1.29, 1.82) is 5.26 Å². The molecule has 7 nitrogen and oxygen atoms in total. The van der Waals surface area contributed by atoms with Crippen molar-refractivity contribution < 1.29 is 4.74 Å². The van der Waals surface area contributed by atoms with Crippen molar-refractivity contribution in [2.45, 2.75) is 6.92 Å². The molecule has 0 aliphatic carbocycles. The van der Waals surface area contributed by atoms with E-state index in [1.54, 1.807) is 42.6 Å². The largest absolute Gasteiger partial charge is 0.438 e. The van der Waals surface area contributed by atoms with Crippen LogP contribution in [0.5, 0.6) is 11.6 Å². The van der Waals surface area contributed by atoms with E-state index in [-0.39, 0.29) is 22.6 Å². The highest BCUT2D eigenvalue weighted by atomic mass is 35.5. The lowest BCUT2D eigenvalue weighted by Crippen LogP contribution is -2.18. The van der Waals surface area contributed by atoms with E-state index in [4.69, 9.17) is 16.3 Å². The number of rotatable bonds is 4. The zero-order chi connectivity index (χ0) is 23.8. The standard InChI is InChI=1S/C26H18ClN5O2/c1-16-13-18(10-11-20(16)27)34-25-19(26(33)32-12-6-5-9-23(32)30-25)14-17(15-28)24-29-21-7-3-4-8-22(21)31(24)2/h3-14H,1-2H3/b17-14+. The Hall–Kier alpha value is -4.41. The zero-order valence-electron chi connectivity index (χ0n) is 18.4. The smallest absolute Gasteiger partial charge is 0.269 e. The van der Waals surface area contributed by atoms with E-state index >= 15 is 0 Å². The predicted molar refractivity (Wildman–Crippen MR) is 132 cm³/mol. The van der Waals surface area contributed by atoms with E-state index in [9.17, 15) is 10.1 Å². The molecule has 0 aliphatic rings. The summed E-state index contributed by atoms with van der Waals surface area (Å²) >= 11 is 6.14. The number of halogens is 1. The van der Waals surface area contributed by atoms with Gasteiger partial charge in [0.15, 0.2) is 5.82 Å². The third-order valence-electron chi connectivity index (χ3n) is 5.52. The minimum atomic E-state index is -0.363. The fourth-order valence-electron chi connectivity index (χ4n) is 3.75. The van der Waals surface area contributed by atoms with Crippen molar-refractivity contribution in [3.8, 4) is 17.7 Å². The van der Waals surface area contributed by atoms with Crippen LogP contribution in [0.15, 0.2) is 71.7 Å². The second kappa shape index (κ2) is 8.50. The first-order valence-corrected chi connectivity index (χ1v) is 10.8. The van der Waals surface area contributed by atoms with Gasteiger partial charge in [-0.1, -0.05) is 29.8 Å². The van der Waals surface area contributed by atoms with E-state index in [0.29, 0.717) is 22.2 Å². The van der Waals surface area contributed by atoms with Gasteiger partial charge in [-0.05, 0) is 61.0 Å². The molecule has 0 spiro atoms. The summed E-state index contributed by atoms with van der Waals surface area (Å²) in [5, 5.41) is 10.6. The molecule has 0 aliphatic heterocycles. The number of hydrogen-bond donors (Lipinski definition) is 0. The van der Waals surface area contributed by atoms with Gasteiger partial charge in [0.05, 0.1) is 16.6 Å². The number of nitrogens with zero attached hydrogens (tertiary/aromatic N) is 5. The van der Waals surface area contributed by atoms with Gasteiger partial charge in [0.2, 0.25) is 5.88 Å². The molecule has 0 amide bonds. The molecule has 0 radical (unpaired) electrons. The topological polar surface area (TPSA) is 85.2 Å². The van der Waals surface area contributed by atoms with Gasteiger partial charge in [0, 0.05) is 18.3 Å². The number of pyridine rings is 1. The normalized spacial score (nSPS) is 11.6. The quantitative estimate of drug-likeness (QED) is 0.330. The van der Waals surface area contributed by atoms with Crippen LogP contribution < -0.4 is 10.3 Å². The third-order valence-corrected chi connectivity index (χ3v) is 5.94. The Balaban J connectivity index is 1.72. The first kappa shape index (κ1) is 21.4. The van der Waals surface area contributed by atoms with Gasteiger partial charge in [-0.25, -0.2) is 4.98 Å². The lowest BCUT2D eigenvalue weighted by molar-refractivity contribution is 0.460. The number of para-hydroxylation sites is 2. The fourth-order valence-corrected chi connectivity index (χ4v) is 3.87. The summed E-state index contributed by atoms with van der Waals surface area (Å²) in [6.45, 7) is 1.86. The van der Waals surface area contributed by atoms with Crippen molar-refractivity contribution in [2.75, 3.05) is 0 Å². The summed E-state index contributed by atoms with van der Waals surface area (Å²) in [4.78, 5) is 22.6.